The molecular weight excluding hydrogens is 270 g/mol. The standard InChI is InChI=1S/C12H24BrNO2/c1-4-7-16-8-11(15)14-10-12(5-2,6-3)9-13/h4-10H2,1-3H3,(H,14,15). The summed E-state index contributed by atoms with van der Waals surface area (Å²) in [6, 6.07) is 0. The molecule has 4 heteroatoms. The number of carbonyl (C=O) groups is 1. The molecule has 0 bridgehead atoms. The number of halogens is 1. The Bertz CT molecular complexity index is 185. The Hall–Kier alpha value is -0.0900. The van der Waals surface area contributed by atoms with Crippen LogP contribution in [0, 0.1) is 5.41 Å². The second-order valence-corrected chi connectivity index (χ2v) is 4.73. The molecular formula is C12H24BrNO2. The van der Waals surface area contributed by atoms with Crippen LogP contribution in [0.1, 0.15) is 40.0 Å². The van der Waals surface area contributed by atoms with Gasteiger partial charge >= 0.3 is 0 Å². The van der Waals surface area contributed by atoms with Crippen molar-refractivity contribution < 1.29 is 9.53 Å². The minimum absolute atomic E-state index is 0.0133. The Balaban J connectivity index is 3.87. The Morgan fingerprint density at radius 1 is 1.31 bits per heavy atom. The molecule has 0 aliphatic heterocycles. The van der Waals surface area contributed by atoms with Gasteiger partial charge in [-0.25, -0.2) is 0 Å². The molecule has 0 atom stereocenters. The Morgan fingerprint density at radius 2 is 1.94 bits per heavy atom. The zero-order valence-electron chi connectivity index (χ0n) is 10.6. The summed E-state index contributed by atoms with van der Waals surface area (Å²) < 4.78 is 5.19. The molecule has 0 saturated heterocycles. The summed E-state index contributed by atoms with van der Waals surface area (Å²) in [4.78, 5) is 11.5. The molecule has 0 aromatic rings. The third-order valence-corrected chi connectivity index (χ3v) is 4.22. The van der Waals surface area contributed by atoms with Gasteiger partial charge in [0.05, 0.1) is 0 Å². The summed E-state index contributed by atoms with van der Waals surface area (Å²) >= 11 is 3.52. The van der Waals surface area contributed by atoms with Gasteiger partial charge in [0, 0.05) is 18.5 Å². The summed E-state index contributed by atoms with van der Waals surface area (Å²) in [5, 5.41) is 3.86. The number of hydrogen-bond donors (Lipinski definition) is 1. The molecule has 0 heterocycles. The monoisotopic (exact) mass is 293 g/mol. The number of ether oxygens (including phenoxy) is 1. The number of alkyl halides is 1. The van der Waals surface area contributed by atoms with Crippen molar-refractivity contribution in [2.24, 2.45) is 5.41 Å². The van der Waals surface area contributed by atoms with Crippen LogP contribution in [0.4, 0.5) is 0 Å². The molecule has 0 aliphatic carbocycles. The van der Waals surface area contributed by atoms with Crippen LogP contribution in [-0.2, 0) is 9.53 Å². The average molecular weight is 294 g/mol. The molecule has 0 spiro atoms. The number of amides is 1. The van der Waals surface area contributed by atoms with E-state index in [1.54, 1.807) is 0 Å². The van der Waals surface area contributed by atoms with E-state index in [1.807, 2.05) is 6.92 Å². The smallest absolute Gasteiger partial charge is 0.246 e. The van der Waals surface area contributed by atoms with Crippen molar-refractivity contribution in [1.82, 2.24) is 5.32 Å². The SMILES string of the molecule is CCCOCC(=O)NCC(CC)(CC)CBr. The molecule has 16 heavy (non-hydrogen) atoms. The molecule has 3 nitrogen and oxygen atoms in total. The fraction of sp³-hybridized carbons (Fsp3) is 0.917. The second-order valence-electron chi connectivity index (χ2n) is 4.17. The quantitative estimate of drug-likeness (QED) is 0.524. The van der Waals surface area contributed by atoms with Crippen LogP contribution in [-0.4, -0.2) is 31.0 Å². The minimum atomic E-state index is -0.0133. The second kappa shape index (κ2) is 8.99. The first-order valence-corrected chi connectivity index (χ1v) is 7.16. The molecule has 0 aliphatic rings. The molecule has 1 N–H and O–H groups in total. The molecule has 0 rings (SSSR count). The predicted octanol–water partition coefficient (Wildman–Crippen LogP) is 2.73. The van der Waals surface area contributed by atoms with Gasteiger partial charge in [0.1, 0.15) is 6.61 Å². The van der Waals surface area contributed by atoms with E-state index in [4.69, 9.17) is 4.74 Å². The van der Waals surface area contributed by atoms with Gasteiger partial charge < -0.3 is 10.1 Å². The van der Waals surface area contributed by atoms with Gasteiger partial charge in [-0.1, -0.05) is 36.7 Å². The normalized spacial score (nSPS) is 11.5. The van der Waals surface area contributed by atoms with E-state index in [1.165, 1.54) is 0 Å². The maximum absolute atomic E-state index is 11.5. The van der Waals surface area contributed by atoms with Crippen LogP contribution in [0.25, 0.3) is 0 Å². The van der Waals surface area contributed by atoms with Crippen molar-refractivity contribution in [2.45, 2.75) is 40.0 Å². The first kappa shape index (κ1) is 15.9. The fourth-order valence-corrected chi connectivity index (χ4v) is 2.37. The van der Waals surface area contributed by atoms with Gasteiger partial charge in [-0.2, -0.15) is 0 Å². The van der Waals surface area contributed by atoms with E-state index in [2.05, 4.69) is 35.1 Å². The highest BCUT2D eigenvalue weighted by Gasteiger charge is 2.25. The Kier molecular flexibility index (Phi) is 8.94. The van der Waals surface area contributed by atoms with Crippen LogP contribution in [0.3, 0.4) is 0 Å². The molecule has 0 aromatic heterocycles. The maximum atomic E-state index is 11.5. The first-order valence-electron chi connectivity index (χ1n) is 6.04. The number of nitrogens with one attached hydrogen (secondary N) is 1. The van der Waals surface area contributed by atoms with Gasteiger partial charge in [-0.05, 0) is 24.7 Å². The van der Waals surface area contributed by atoms with Crippen molar-refractivity contribution in [3.05, 3.63) is 0 Å². The summed E-state index contributed by atoms with van der Waals surface area (Å²) in [7, 11) is 0. The lowest BCUT2D eigenvalue weighted by atomic mass is 9.84. The lowest BCUT2D eigenvalue weighted by Gasteiger charge is -2.29. The van der Waals surface area contributed by atoms with Gasteiger partial charge in [0.2, 0.25) is 5.91 Å². The molecule has 0 aromatic carbocycles. The van der Waals surface area contributed by atoms with Gasteiger partial charge in [0.25, 0.3) is 0 Å². The molecule has 96 valence electrons. The molecule has 0 unspecified atom stereocenters. The summed E-state index contributed by atoms with van der Waals surface area (Å²) in [5.41, 5.74) is 0.181. The predicted molar refractivity (Wildman–Crippen MR) is 70.9 cm³/mol. The third-order valence-electron chi connectivity index (χ3n) is 3.03. The van der Waals surface area contributed by atoms with E-state index in [-0.39, 0.29) is 17.9 Å². The molecule has 0 fully saturated rings. The molecule has 0 saturated carbocycles. The number of carbonyl (C=O) groups excluding carboxylic acids is 1. The van der Waals surface area contributed by atoms with Crippen LogP contribution >= 0.6 is 15.9 Å². The molecule has 1 amide bonds. The summed E-state index contributed by atoms with van der Waals surface area (Å²) in [6.45, 7) is 7.90. The highest BCUT2D eigenvalue weighted by Crippen LogP contribution is 2.27. The van der Waals surface area contributed by atoms with Gasteiger partial charge in [-0.15, -0.1) is 0 Å². The largest absolute Gasteiger partial charge is 0.372 e. The van der Waals surface area contributed by atoms with Crippen LogP contribution in [0.2, 0.25) is 0 Å². The Morgan fingerprint density at radius 3 is 2.38 bits per heavy atom. The van der Waals surface area contributed by atoms with Crippen LogP contribution in [0.5, 0.6) is 0 Å². The summed E-state index contributed by atoms with van der Waals surface area (Å²) in [5.74, 6) is -0.0133. The third kappa shape index (κ3) is 5.85. The van der Waals surface area contributed by atoms with Gasteiger partial charge in [0.15, 0.2) is 0 Å². The van der Waals surface area contributed by atoms with E-state index in [0.717, 1.165) is 31.1 Å². The Labute approximate surface area is 107 Å². The van der Waals surface area contributed by atoms with Crippen molar-refractivity contribution in [2.75, 3.05) is 25.1 Å². The van der Waals surface area contributed by atoms with Crippen molar-refractivity contribution in [3.63, 3.8) is 0 Å². The highest BCUT2D eigenvalue weighted by molar-refractivity contribution is 9.09. The maximum Gasteiger partial charge on any atom is 0.246 e. The topological polar surface area (TPSA) is 38.3 Å². The molecule has 0 radical (unpaired) electrons. The van der Waals surface area contributed by atoms with E-state index in [9.17, 15) is 4.79 Å². The van der Waals surface area contributed by atoms with Crippen molar-refractivity contribution >= 4 is 21.8 Å². The van der Waals surface area contributed by atoms with E-state index in [0.29, 0.717) is 6.61 Å². The number of rotatable bonds is 9. The summed E-state index contributed by atoms with van der Waals surface area (Å²) in [6.07, 6.45) is 3.07. The fourth-order valence-electron chi connectivity index (χ4n) is 1.38. The number of hydrogen-bond acceptors (Lipinski definition) is 2. The zero-order valence-corrected chi connectivity index (χ0v) is 12.2. The van der Waals surface area contributed by atoms with Crippen LogP contribution in [0.15, 0.2) is 0 Å². The first-order chi connectivity index (χ1) is 7.64. The van der Waals surface area contributed by atoms with Crippen molar-refractivity contribution in [1.29, 1.82) is 0 Å². The average Bonchev–Trinajstić information content (AvgIpc) is 2.32. The van der Waals surface area contributed by atoms with E-state index < -0.39 is 0 Å². The highest BCUT2D eigenvalue weighted by atomic mass is 79.9. The van der Waals surface area contributed by atoms with E-state index >= 15 is 0 Å². The minimum Gasteiger partial charge on any atom is -0.372 e. The van der Waals surface area contributed by atoms with Gasteiger partial charge in [-0.3, -0.25) is 4.79 Å². The van der Waals surface area contributed by atoms with Crippen LogP contribution < -0.4 is 5.32 Å². The lowest BCUT2D eigenvalue weighted by molar-refractivity contribution is -0.126. The lowest BCUT2D eigenvalue weighted by Crippen LogP contribution is -2.39. The van der Waals surface area contributed by atoms with Crippen molar-refractivity contribution in [3.8, 4) is 0 Å². The zero-order chi connectivity index (χ0) is 12.4.